The van der Waals surface area contributed by atoms with Crippen LogP contribution in [0.2, 0.25) is 0 Å². The van der Waals surface area contributed by atoms with Crippen molar-refractivity contribution in [3.8, 4) is 0 Å². The van der Waals surface area contributed by atoms with E-state index in [1.807, 2.05) is 11.8 Å². The van der Waals surface area contributed by atoms with Gasteiger partial charge in [-0.2, -0.15) is 0 Å². The van der Waals surface area contributed by atoms with Crippen LogP contribution in [-0.2, 0) is 11.2 Å². The summed E-state index contributed by atoms with van der Waals surface area (Å²) in [7, 11) is 0. The summed E-state index contributed by atoms with van der Waals surface area (Å²) in [4.78, 5) is 22.7. The average Bonchev–Trinajstić information content (AvgIpc) is 2.54. The second-order valence-electron chi connectivity index (χ2n) is 5.25. The van der Waals surface area contributed by atoms with Crippen molar-refractivity contribution in [2.75, 3.05) is 18.5 Å². The number of hydrogen-bond donors (Lipinski definition) is 1. The molecule has 6 nitrogen and oxygen atoms in total. The van der Waals surface area contributed by atoms with Crippen molar-refractivity contribution < 1.29 is 9.53 Å². The summed E-state index contributed by atoms with van der Waals surface area (Å²) in [5.74, 6) is 0.775. The summed E-state index contributed by atoms with van der Waals surface area (Å²) in [5.41, 5.74) is 0.631. The van der Waals surface area contributed by atoms with Gasteiger partial charge in [0.2, 0.25) is 0 Å². The Kier molecular flexibility index (Phi) is 5.50. The number of amides is 2. The molecule has 1 N–H and O–H groups in total. The molecule has 0 saturated carbocycles. The molecule has 1 fully saturated rings. The van der Waals surface area contributed by atoms with Crippen LogP contribution in [0.5, 0.6) is 0 Å². The summed E-state index contributed by atoms with van der Waals surface area (Å²) in [6, 6.07) is 0.0279. The Hall–Kier alpha value is -1.69. The topological polar surface area (TPSA) is 67.4 Å². The van der Waals surface area contributed by atoms with E-state index in [0.717, 1.165) is 25.1 Å². The molecule has 6 heteroatoms. The van der Waals surface area contributed by atoms with Crippen LogP contribution < -0.4 is 5.32 Å². The van der Waals surface area contributed by atoms with Gasteiger partial charge in [0.05, 0.1) is 36.8 Å². The number of urea groups is 1. The van der Waals surface area contributed by atoms with Gasteiger partial charge in [-0.25, -0.2) is 14.8 Å². The Bertz CT molecular complexity index is 463. The third-order valence-corrected chi connectivity index (χ3v) is 3.83. The Morgan fingerprint density at radius 3 is 2.62 bits per heavy atom. The zero-order valence-electron chi connectivity index (χ0n) is 13.0. The standard InChI is InChI=1S/C15H24N4O2/c1-4-12-10-21-13(5-2)9-19(12)15(20)18-11-7-16-14(6-3)17-8-11/h7-8,12-13H,4-6,9-10H2,1-3H3,(H,18,20). The number of carbonyl (C=O) groups excluding carboxylic acids is 1. The Morgan fingerprint density at radius 1 is 1.33 bits per heavy atom. The van der Waals surface area contributed by atoms with Crippen molar-refractivity contribution in [3.63, 3.8) is 0 Å². The predicted octanol–water partition coefficient (Wildman–Crippen LogP) is 2.46. The van der Waals surface area contributed by atoms with Crippen molar-refractivity contribution >= 4 is 11.7 Å². The van der Waals surface area contributed by atoms with Crippen LogP contribution in [0.1, 0.15) is 39.4 Å². The van der Waals surface area contributed by atoms with Gasteiger partial charge in [0.1, 0.15) is 5.82 Å². The monoisotopic (exact) mass is 292 g/mol. The maximum Gasteiger partial charge on any atom is 0.322 e. The molecule has 1 aliphatic rings. The molecular weight excluding hydrogens is 268 g/mol. The van der Waals surface area contributed by atoms with E-state index in [9.17, 15) is 4.79 Å². The summed E-state index contributed by atoms with van der Waals surface area (Å²) < 4.78 is 5.75. The van der Waals surface area contributed by atoms with Crippen LogP contribution in [0.15, 0.2) is 12.4 Å². The lowest BCUT2D eigenvalue weighted by molar-refractivity contribution is -0.0459. The number of aryl methyl sites for hydroxylation is 1. The molecule has 0 aromatic carbocycles. The van der Waals surface area contributed by atoms with Gasteiger partial charge in [0.15, 0.2) is 0 Å². The summed E-state index contributed by atoms with van der Waals surface area (Å²) in [6.07, 6.45) is 6.01. The first kappa shape index (κ1) is 15.7. The quantitative estimate of drug-likeness (QED) is 0.925. The van der Waals surface area contributed by atoms with E-state index in [-0.39, 0.29) is 18.2 Å². The first-order chi connectivity index (χ1) is 10.2. The fourth-order valence-corrected chi connectivity index (χ4v) is 2.39. The molecule has 1 aliphatic heterocycles. The number of ether oxygens (including phenoxy) is 1. The second kappa shape index (κ2) is 7.36. The number of rotatable bonds is 4. The van der Waals surface area contributed by atoms with Crippen molar-refractivity contribution in [2.24, 2.45) is 0 Å². The van der Waals surface area contributed by atoms with E-state index < -0.39 is 0 Å². The van der Waals surface area contributed by atoms with Gasteiger partial charge in [0.25, 0.3) is 0 Å². The van der Waals surface area contributed by atoms with Crippen molar-refractivity contribution in [1.82, 2.24) is 14.9 Å². The van der Waals surface area contributed by atoms with Crippen LogP contribution in [0, 0.1) is 0 Å². The van der Waals surface area contributed by atoms with E-state index in [1.54, 1.807) is 12.4 Å². The van der Waals surface area contributed by atoms with Gasteiger partial charge >= 0.3 is 6.03 Å². The predicted molar refractivity (Wildman–Crippen MR) is 81.2 cm³/mol. The fourth-order valence-electron chi connectivity index (χ4n) is 2.39. The molecular formula is C15H24N4O2. The molecule has 0 radical (unpaired) electrons. The van der Waals surface area contributed by atoms with E-state index in [0.29, 0.717) is 18.8 Å². The summed E-state index contributed by atoms with van der Waals surface area (Å²) >= 11 is 0. The molecule has 1 saturated heterocycles. The Labute approximate surface area is 125 Å². The van der Waals surface area contributed by atoms with Crippen LogP contribution >= 0.6 is 0 Å². The first-order valence-corrected chi connectivity index (χ1v) is 7.68. The molecule has 0 bridgehead atoms. The van der Waals surface area contributed by atoms with Gasteiger partial charge in [-0.15, -0.1) is 0 Å². The normalized spacial score (nSPS) is 22.1. The molecule has 1 aromatic heterocycles. The number of carbonyl (C=O) groups is 1. The number of anilines is 1. The van der Waals surface area contributed by atoms with Gasteiger partial charge in [-0.3, -0.25) is 0 Å². The zero-order chi connectivity index (χ0) is 15.2. The molecule has 0 spiro atoms. The molecule has 2 atom stereocenters. The van der Waals surface area contributed by atoms with Gasteiger partial charge < -0.3 is 15.0 Å². The average molecular weight is 292 g/mol. The van der Waals surface area contributed by atoms with Crippen molar-refractivity contribution in [2.45, 2.75) is 52.2 Å². The minimum absolute atomic E-state index is 0.101. The van der Waals surface area contributed by atoms with Gasteiger partial charge in [-0.05, 0) is 12.8 Å². The smallest absolute Gasteiger partial charge is 0.322 e. The van der Waals surface area contributed by atoms with Crippen molar-refractivity contribution in [1.29, 1.82) is 0 Å². The van der Waals surface area contributed by atoms with Crippen LogP contribution in [-0.4, -0.2) is 46.2 Å². The van der Waals surface area contributed by atoms with Crippen LogP contribution in [0.3, 0.4) is 0 Å². The number of morpholine rings is 1. The number of nitrogens with one attached hydrogen (secondary N) is 1. The third-order valence-electron chi connectivity index (χ3n) is 3.83. The lowest BCUT2D eigenvalue weighted by Crippen LogP contribution is -2.53. The molecule has 0 aliphatic carbocycles. The highest BCUT2D eigenvalue weighted by atomic mass is 16.5. The van der Waals surface area contributed by atoms with E-state index >= 15 is 0 Å². The lowest BCUT2D eigenvalue weighted by Gasteiger charge is -2.39. The zero-order valence-corrected chi connectivity index (χ0v) is 13.0. The van der Waals surface area contributed by atoms with Gasteiger partial charge in [-0.1, -0.05) is 20.8 Å². The van der Waals surface area contributed by atoms with E-state index in [2.05, 4.69) is 29.1 Å². The maximum atomic E-state index is 12.5. The molecule has 2 heterocycles. The summed E-state index contributed by atoms with van der Waals surface area (Å²) in [6.45, 7) is 7.38. The fraction of sp³-hybridized carbons (Fsp3) is 0.667. The number of nitrogens with zero attached hydrogens (tertiary/aromatic N) is 3. The molecule has 2 rings (SSSR count). The highest BCUT2D eigenvalue weighted by Crippen LogP contribution is 2.18. The molecule has 2 unspecified atom stereocenters. The van der Waals surface area contributed by atoms with Crippen LogP contribution in [0.4, 0.5) is 10.5 Å². The molecule has 116 valence electrons. The Balaban J connectivity index is 2.02. The minimum atomic E-state index is -0.101. The largest absolute Gasteiger partial charge is 0.374 e. The molecule has 2 amide bonds. The van der Waals surface area contributed by atoms with E-state index in [4.69, 9.17) is 4.74 Å². The highest BCUT2D eigenvalue weighted by Gasteiger charge is 2.30. The van der Waals surface area contributed by atoms with Crippen molar-refractivity contribution in [3.05, 3.63) is 18.2 Å². The minimum Gasteiger partial charge on any atom is -0.374 e. The number of hydrogen-bond acceptors (Lipinski definition) is 4. The SMILES string of the molecule is CCc1ncc(NC(=O)N2CC(CC)OCC2CC)cn1. The van der Waals surface area contributed by atoms with E-state index in [1.165, 1.54) is 0 Å². The summed E-state index contributed by atoms with van der Waals surface area (Å²) in [5, 5.41) is 2.88. The lowest BCUT2D eigenvalue weighted by atomic mass is 10.1. The third kappa shape index (κ3) is 3.91. The van der Waals surface area contributed by atoms with Crippen LogP contribution in [0.25, 0.3) is 0 Å². The highest BCUT2D eigenvalue weighted by molar-refractivity contribution is 5.89. The molecule has 21 heavy (non-hydrogen) atoms. The Morgan fingerprint density at radius 2 is 2.05 bits per heavy atom. The number of aromatic nitrogens is 2. The first-order valence-electron chi connectivity index (χ1n) is 7.68. The maximum absolute atomic E-state index is 12.5. The molecule has 1 aromatic rings. The van der Waals surface area contributed by atoms with Gasteiger partial charge in [0, 0.05) is 13.0 Å². The second-order valence-corrected chi connectivity index (χ2v) is 5.25.